The van der Waals surface area contributed by atoms with E-state index in [9.17, 15) is 9.59 Å². The van der Waals surface area contributed by atoms with Crippen LogP contribution in [-0.2, 0) is 17.9 Å². The minimum absolute atomic E-state index is 0.0414. The quantitative estimate of drug-likeness (QED) is 0.369. The van der Waals surface area contributed by atoms with Gasteiger partial charge in [0.25, 0.3) is 5.91 Å². The highest BCUT2D eigenvalue weighted by molar-refractivity contribution is 6.09. The van der Waals surface area contributed by atoms with E-state index in [1.165, 1.54) is 0 Å². The van der Waals surface area contributed by atoms with Crippen LogP contribution in [0, 0.1) is 0 Å². The molecule has 0 aliphatic rings. The van der Waals surface area contributed by atoms with Crippen LogP contribution in [0.1, 0.15) is 21.5 Å². The molecule has 4 nitrogen and oxygen atoms in total. The summed E-state index contributed by atoms with van der Waals surface area (Å²) in [6, 6.07) is 31.0. The predicted molar refractivity (Wildman–Crippen MR) is 120 cm³/mol. The third-order valence-corrected chi connectivity index (χ3v) is 5.07. The van der Waals surface area contributed by atoms with E-state index in [1.807, 2.05) is 84.9 Å². The largest absolute Gasteiger partial charge is 0.347 e. The van der Waals surface area contributed by atoms with Crippen molar-refractivity contribution in [3.63, 3.8) is 0 Å². The Balaban J connectivity index is 1.36. The van der Waals surface area contributed by atoms with Crippen molar-refractivity contribution >= 4 is 11.7 Å². The van der Waals surface area contributed by atoms with Gasteiger partial charge in [0.05, 0.1) is 0 Å². The van der Waals surface area contributed by atoms with Gasteiger partial charge in [-0.3, -0.25) is 9.59 Å². The highest BCUT2D eigenvalue weighted by Gasteiger charge is 2.13. The summed E-state index contributed by atoms with van der Waals surface area (Å²) in [5.74, 6) is -0.121. The number of benzene rings is 3. The topological polar surface area (TPSA) is 50.0 Å². The fourth-order valence-corrected chi connectivity index (χ4v) is 3.34. The summed E-state index contributed by atoms with van der Waals surface area (Å²) < 4.78 is 1.76. The Hall–Kier alpha value is -4.05. The molecule has 0 bridgehead atoms. The number of amides is 1. The molecule has 0 aliphatic carbocycles. The highest BCUT2D eigenvalue weighted by atomic mass is 16.2. The highest BCUT2D eigenvalue weighted by Crippen LogP contribution is 2.20. The van der Waals surface area contributed by atoms with E-state index in [2.05, 4.69) is 5.32 Å². The van der Waals surface area contributed by atoms with Crippen molar-refractivity contribution in [2.75, 3.05) is 0 Å². The molecule has 4 heteroatoms. The van der Waals surface area contributed by atoms with Gasteiger partial charge in [0.2, 0.25) is 6.54 Å². The lowest BCUT2D eigenvalue weighted by Gasteiger charge is -2.05. The molecule has 1 heterocycles. The molecule has 0 saturated carbocycles. The third kappa shape index (κ3) is 5.31. The molecule has 0 fully saturated rings. The van der Waals surface area contributed by atoms with Crippen molar-refractivity contribution in [2.45, 2.75) is 13.1 Å². The van der Waals surface area contributed by atoms with E-state index in [0.29, 0.717) is 17.7 Å². The number of pyridine rings is 1. The van der Waals surface area contributed by atoms with Gasteiger partial charge < -0.3 is 5.32 Å². The number of carbonyl (C=O) groups is 2. The van der Waals surface area contributed by atoms with Crippen molar-refractivity contribution < 1.29 is 14.2 Å². The van der Waals surface area contributed by atoms with Crippen LogP contribution in [-0.4, -0.2) is 11.7 Å². The molecule has 0 radical (unpaired) electrons. The molecule has 4 rings (SSSR count). The summed E-state index contributed by atoms with van der Waals surface area (Å²) >= 11 is 0. The van der Waals surface area contributed by atoms with Crippen molar-refractivity contribution in [2.24, 2.45) is 0 Å². The number of aromatic nitrogens is 1. The summed E-state index contributed by atoms with van der Waals surface area (Å²) in [6.07, 6.45) is 3.52. The SMILES string of the molecule is O=C(C[n+]1ccc(C(=O)c2ccc(-c3ccccc3)cc2)cc1)NCc1ccccc1. The number of nitrogens with one attached hydrogen (secondary N) is 1. The van der Waals surface area contributed by atoms with Crippen LogP contribution in [0.3, 0.4) is 0 Å². The van der Waals surface area contributed by atoms with E-state index >= 15 is 0 Å². The van der Waals surface area contributed by atoms with Crippen LogP contribution in [0.15, 0.2) is 109 Å². The van der Waals surface area contributed by atoms with Crippen molar-refractivity contribution in [1.29, 1.82) is 0 Å². The Kier molecular flexibility index (Phi) is 6.29. The normalized spacial score (nSPS) is 10.5. The van der Waals surface area contributed by atoms with Gasteiger partial charge >= 0.3 is 0 Å². The second kappa shape index (κ2) is 9.63. The molecule has 1 aromatic heterocycles. The second-order valence-electron chi connectivity index (χ2n) is 7.29. The Morgan fingerprint density at radius 1 is 0.645 bits per heavy atom. The Bertz CT molecular complexity index is 1150. The Morgan fingerprint density at radius 2 is 1.19 bits per heavy atom. The van der Waals surface area contributed by atoms with E-state index in [-0.39, 0.29) is 18.2 Å². The summed E-state index contributed by atoms with van der Waals surface area (Å²) in [5.41, 5.74) is 4.48. The van der Waals surface area contributed by atoms with E-state index in [1.54, 1.807) is 29.1 Å². The molecule has 0 unspecified atom stereocenters. The molecule has 0 aliphatic heterocycles. The molecule has 4 aromatic rings. The van der Waals surface area contributed by atoms with Crippen LogP contribution in [0.5, 0.6) is 0 Å². The first-order chi connectivity index (χ1) is 15.2. The molecule has 152 valence electrons. The third-order valence-electron chi connectivity index (χ3n) is 5.07. The lowest BCUT2D eigenvalue weighted by Crippen LogP contribution is -2.42. The number of carbonyl (C=O) groups excluding carboxylic acids is 2. The van der Waals surface area contributed by atoms with E-state index < -0.39 is 0 Å². The summed E-state index contributed by atoms with van der Waals surface area (Å²) in [6.45, 7) is 0.697. The number of hydrogen-bond acceptors (Lipinski definition) is 2. The standard InChI is InChI=1S/C27H22N2O2/c30-26(28-19-21-7-3-1-4-8-21)20-29-17-15-25(16-18-29)27(31)24-13-11-23(12-14-24)22-9-5-2-6-10-22/h1-18H,19-20H2/p+1. The van der Waals surface area contributed by atoms with Gasteiger partial charge in [0.1, 0.15) is 0 Å². The molecule has 0 saturated heterocycles. The average Bonchev–Trinajstić information content (AvgIpc) is 2.84. The van der Waals surface area contributed by atoms with Gasteiger partial charge in [-0.2, -0.15) is 4.57 Å². The first-order valence-corrected chi connectivity index (χ1v) is 10.2. The lowest BCUT2D eigenvalue weighted by molar-refractivity contribution is -0.684. The molecule has 0 spiro atoms. The molecule has 31 heavy (non-hydrogen) atoms. The van der Waals surface area contributed by atoms with Gasteiger partial charge in [-0.15, -0.1) is 0 Å². The molecule has 1 amide bonds. The Morgan fingerprint density at radius 3 is 1.84 bits per heavy atom. The molecule has 1 N–H and O–H groups in total. The van der Waals surface area contributed by atoms with Crippen LogP contribution in [0.25, 0.3) is 11.1 Å². The van der Waals surface area contributed by atoms with Crippen molar-refractivity contribution in [1.82, 2.24) is 5.32 Å². The zero-order valence-electron chi connectivity index (χ0n) is 17.1. The van der Waals surface area contributed by atoms with Gasteiger partial charge in [-0.25, -0.2) is 0 Å². The van der Waals surface area contributed by atoms with Gasteiger partial charge in [-0.05, 0) is 16.7 Å². The number of ketones is 1. The summed E-state index contributed by atoms with van der Waals surface area (Å²) in [5, 5.41) is 2.90. The second-order valence-corrected chi connectivity index (χ2v) is 7.29. The van der Waals surface area contributed by atoms with E-state index in [4.69, 9.17) is 0 Å². The fourth-order valence-electron chi connectivity index (χ4n) is 3.34. The minimum Gasteiger partial charge on any atom is -0.347 e. The maximum absolute atomic E-state index is 12.8. The van der Waals surface area contributed by atoms with Crippen LogP contribution in [0.4, 0.5) is 0 Å². The predicted octanol–water partition coefficient (Wildman–Crippen LogP) is 4.19. The van der Waals surface area contributed by atoms with Gasteiger partial charge in [0.15, 0.2) is 18.2 Å². The van der Waals surface area contributed by atoms with Gasteiger partial charge in [-0.1, -0.05) is 84.9 Å². The zero-order chi connectivity index (χ0) is 21.5. The fraction of sp³-hybridized carbons (Fsp3) is 0.0741. The average molecular weight is 407 g/mol. The number of rotatable bonds is 7. The van der Waals surface area contributed by atoms with E-state index in [0.717, 1.165) is 16.7 Å². The Labute approximate surface area is 181 Å². The smallest absolute Gasteiger partial charge is 0.286 e. The van der Waals surface area contributed by atoms with Crippen molar-refractivity contribution in [3.8, 4) is 11.1 Å². The van der Waals surface area contributed by atoms with Crippen LogP contribution >= 0.6 is 0 Å². The monoisotopic (exact) mass is 407 g/mol. The zero-order valence-corrected chi connectivity index (χ0v) is 17.1. The molecular weight excluding hydrogens is 384 g/mol. The maximum atomic E-state index is 12.8. The van der Waals surface area contributed by atoms with Crippen LogP contribution < -0.4 is 9.88 Å². The van der Waals surface area contributed by atoms with Gasteiger partial charge in [0, 0.05) is 29.8 Å². The first-order valence-electron chi connectivity index (χ1n) is 10.2. The van der Waals surface area contributed by atoms with Crippen molar-refractivity contribution in [3.05, 3.63) is 126 Å². The molecule has 3 aromatic carbocycles. The molecule has 0 atom stereocenters. The molecular formula is C27H23N2O2+. The number of hydrogen-bond donors (Lipinski definition) is 1. The summed E-state index contributed by atoms with van der Waals surface area (Å²) in [4.78, 5) is 25.0. The first kappa shape index (κ1) is 20.2. The maximum Gasteiger partial charge on any atom is 0.286 e. The summed E-state index contributed by atoms with van der Waals surface area (Å²) in [7, 11) is 0. The minimum atomic E-state index is -0.0792. The lowest BCUT2D eigenvalue weighted by atomic mass is 10.00. The van der Waals surface area contributed by atoms with Crippen LogP contribution in [0.2, 0.25) is 0 Å². The number of nitrogens with zero attached hydrogens (tertiary/aromatic N) is 1.